The van der Waals surface area contributed by atoms with Crippen molar-refractivity contribution in [2.45, 2.75) is 38.7 Å². The van der Waals surface area contributed by atoms with Crippen molar-refractivity contribution in [3.8, 4) is 0 Å². The summed E-state index contributed by atoms with van der Waals surface area (Å²) in [4.78, 5) is 11.7. The minimum atomic E-state index is -1.22. The van der Waals surface area contributed by atoms with Gasteiger partial charge in [0.1, 0.15) is 6.10 Å². The van der Waals surface area contributed by atoms with Crippen LogP contribution in [0, 0.1) is 12.8 Å². The first kappa shape index (κ1) is 15.6. The molecule has 1 unspecified atom stereocenters. The second-order valence-electron chi connectivity index (χ2n) is 4.76. The van der Waals surface area contributed by atoms with E-state index in [0.29, 0.717) is 0 Å². The highest BCUT2D eigenvalue weighted by molar-refractivity contribution is 7.88. The van der Waals surface area contributed by atoms with Gasteiger partial charge in [-0.2, -0.15) is 0 Å². The van der Waals surface area contributed by atoms with E-state index in [4.69, 9.17) is 4.74 Å². The van der Waals surface area contributed by atoms with E-state index in [9.17, 15) is 9.00 Å². The lowest BCUT2D eigenvalue weighted by molar-refractivity contribution is -0.145. The first-order valence-electron chi connectivity index (χ1n) is 6.23. The van der Waals surface area contributed by atoms with Crippen molar-refractivity contribution in [1.82, 2.24) is 0 Å². The fourth-order valence-corrected chi connectivity index (χ4v) is 2.35. The number of esters is 1. The van der Waals surface area contributed by atoms with Crippen LogP contribution in [0.2, 0.25) is 0 Å². The van der Waals surface area contributed by atoms with Crippen LogP contribution in [0.4, 0.5) is 0 Å². The van der Waals surface area contributed by atoms with Gasteiger partial charge in [-0.15, -0.1) is 0 Å². The second kappa shape index (κ2) is 7.24. The lowest BCUT2D eigenvalue weighted by Gasteiger charge is -2.16. The number of carbonyl (C=O) groups is 1. The quantitative estimate of drug-likeness (QED) is 0.778. The summed E-state index contributed by atoms with van der Waals surface area (Å²) in [7, 11) is -1.22. The van der Waals surface area contributed by atoms with Gasteiger partial charge >= 0.3 is 5.97 Å². The molecule has 1 aromatic carbocycles. The van der Waals surface area contributed by atoms with E-state index in [1.54, 1.807) is 11.5 Å². The first-order chi connectivity index (χ1) is 8.90. The number of carbonyl (C=O) groups excluding carboxylic acids is 1. The Kier molecular flexibility index (Phi) is 5.96. The molecule has 0 heterocycles. The van der Waals surface area contributed by atoms with Crippen molar-refractivity contribution < 1.29 is 13.7 Å². The minimum absolute atomic E-state index is 0.148. The summed E-state index contributed by atoms with van der Waals surface area (Å²) in [5.74, 6) is -0.181. The molecule has 0 aliphatic rings. The zero-order valence-corrected chi connectivity index (χ0v) is 12.6. The van der Waals surface area contributed by atoms with E-state index in [1.807, 2.05) is 45.0 Å². The third-order valence-corrected chi connectivity index (χ3v) is 3.75. The summed E-state index contributed by atoms with van der Waals surface area (Å²) < 4.78 is 17.2. The molecule has 0 saturated carbocycles. The van der Waals surface area contributed by atoms with E-state index in [-0.39, 0.29) is 18.0 Å². The topological polar surface area (TPSA) is 43.4 Å². The van der Waals surface area contributed by atoms with Gasteiger partial charge in [-0.25, -0.2) is 4.21 Å². The first-order valence-corrected chi connectivity index (χ1v) is 7.44. The van der Waals surface area contributed by atoms with E-state index < -0.39 is 10.8 Å². The highest BCUT2D eigenvalue weighted by Gasteiger charge is 2.13. The summed E-state index contributed by atoms with van der Waals surface area (Å²) >= 11 is 0. The number of rotatable bonds is 5. The molecule has 104 valence electrons. The lowest BCUT2D eigenvalue weighted by Crippen LogP contribution is -2.19. The molecule has 0 bridgehead atoms. The summed E-state index contributed by atoms with van der Waals surface area (Å²) in [6.07, 6.45) is 1.36. The molecule has 1 rings (SSSR count). The molecule has 0 aromatic heterocycles. The van der Waals surface area contributed by atoms with Gasteiger partial charge < -0.3 is 4.74 Å². The summed E-state index contributed by atoms with van der Waals surface area (Å²) in [5, 5.41) is 1.58. The maximum atomic E-state index is 12.1. The second-order valence-corrected chi connectivity index (χ2v) is 6.10. The zero-order chi connectivity index (χ0) is 14.4. The van der Waals surface area contributed by atoms with Gasteiger partial charge in [-0.05, 0) is 31.1 Å². The number of benzene rings is 1. The molecule has 0 spiro atoms. The van der Waals surface area contributed by atoms with Crippen LogP contribution in [0.1, 0.15) is 26.3 Å². The molecular formula is C15H20O3S. The lowest BCUT2D eigenvalue weighted by atomic mass is 10.1. The Morgan fingerprint density at radius 1 is 1.26 bits per heavy atom. The third-order valence-electron chi connectivity index (χ3n) is 2.60. The highest BCUT2D eigenvalue weighted by atomic mass is 32.2. The van der Waals surface area contributed by atoms with Crippen molar-refractivity contribution in [2.75, 3.05) is 0 Å². The van der Waals surface area contributed by atoms with Gasteiger partial charge in [0.2, 0.25) is 0 Å². The number of ether oxygens (including phenoxy) is 1. The van der Waals surface area contributed by atoms with Crippen LogP contribution in [0.25, 0.3) is 0 Å². The largest absolute Gasteiger partial charge is 0.458 e. The van der Waals surface area contributed by atoms with E-state index in [2.05, 4.69) is 0 Å². The van der Waals surface area contributed by atoms with E-state index in [1.165, 1.54) is 6.92 Å². The van der Waals surface area contributed by atoms with Gasteiger partial charge in [-0.1, -0.05) is 31.5 Å². The van der Waals surface area contributed by atoms with Crippen molar-refractivity contribution in [3.05, 3.63) is 41.3 Å². The Bertz CT molecular complexity index is 475. The molecule has 19 heavy (non-hydrogen) atoms. The van der Waals surface area contributed by atoms with Crippen LogP contribution in [-0.2, 0) is 20.3 Å². The number of hydrogen-bond acceptors (Lipinski definition) is 3. The molecule has 2 atom stereocenters. The average molecular weight is 280 g/mol. The Morgan fingerprint density at radius 3 is 2.32 bits per heavy atom. The Balaban J connectivity index is 2.75. The van der Waals surface area contributed by atoms with E-state index >= 15 is 0 Å². The van der Waals surface area contributed by atoms with Crippen LogP contribution >= 0.6 is 0 Å². The summed E-state index contributed by atoms with van der Waals surface area (Å²) in [6, 6.07) is 7.53. The van der Waals surface area contributed by atoms with Gasteiger partial charge in [0.25, 0.3) is 0 Å². The number of hydrogen-bond donors (Lipinski definition) is 0. The van der Waals surface area contributed by atoms with Gasteiger partial charge in [0, 0.05) is 17.2 Å². The smallest absolute Gasteiger partial charge is 0.303 e. The molecular weight excluding hydrogens is 260 g/mol. The molecule has 0 fully saturated rings. The number of aryl methyl sites for hydroxylation is 1. The highest BCUT2D eigenvalue weighted by Crippen LogP contribution is 2.13. The average Bonchev–Trinajstić information content (AvgIpc) is 2.34. The van der Waals surface area contributed by atoms with Crippen LogP contribution in [0.5, 0.6) is 0 Å². The van der Waals surface area contributed by atoms with E-state index in [0.717, 1.165) is 10.5 Å². The Hall–Kier alpha value is -1.42. The van der Waals surface area contributed by atoms with Crippen LogP contribution < -0.4 is 0 Å². The predicted octanol–water partition coefficient (Wildman–Crippen LogP) is 3.20. The predicted molar refractivity (Wildman–Crippen MR) is 77.1 cm³/mol. The maximum absolute atomic E-state index is 12.1. The normalized spacial score (nSPS) is 14.6. The SMILES string of the molecule is CC(=O)O[C@@H](/C=C/S(=O)c1ccc(C)cc1)C(C)C. The minimum Gasteiger partial charge on any atom is -0.458 e. The van der Waals surface area contributed by atoms with Crippen LogP contribution in [0.15, 0.2) is 40.6 Å². The fraction of sp³-hybridized carbons (Fsp3) is 0.400. The molecule has 0 radical (unpaired) electrons. The molecule has 4 heteroatoms. The molecule has 0 aliphatic heterocycles. The maximum Gasteiger partial charge on any atom is 0.303 e. The van der Waals surface area contributed by atoms with Crippen molar-refractivity contribution in [2.24, 2.45) is 5.92 Å². The monoisotopic (exact) mass is 280 g/mol. The van der Waals surface area contributed by atoms with Gasteiger partial charge in [0.15, 0.2) is 0 Å². The summed E-state index contributed by atoms with van der Waals surface area (Å²) in [5.41, 5.74) is 1.13. The molecule has 0 saturated heterocycles. The third kappa shape index (κ3) is 5.39. The Morgan fingerprint density at radius 2 is 1.84 bits per heavy atom. The van der Waals surface area contributed by atoms with Crippen LogP contribution in [0.3, 0.4) is 0 Å². The zero-order valence-electron chi connectivity index (χ0n) is 11.8. The summed E-state index contributed by atoms with van der Waals surface area (Å²) in [6.45, 7) is 7.26. The van der Waals surface area contributed by atoms with Crippen LogP contribution in [-0.4, -0.2) is 16.3 Å². The van der Waals surface area contributed by atoms with Gasteiger partial charge in [0.05, 0.1) is 10.8 Å². The molecule has 0 N–H and O–H groups in total. The fourth-order valence-electron chi connectivity index (χ4n) is 1.49. The molecule has 0 aliphatic carbocycles. The molecule has 1 aromatic rings. The molecule has 3 nitrogen and oxygen atoms in total. The standard InChI is InChI=1S/C15H20O3S/c1-11(2)15(18-13(4)16)9-10-19(17)14-7-5-12(3)6-8-14/h5-11,15H,1-4H3/b10-9+/t15-,19?/m0/s1. The molecule has 0 amide bonds. The van der Waals surface area contributed by atoms with Gasteiger partial charge in [-0.3, -0.25) is 4.79 Å². The Labute approximate surface area is 117 Å². The van der Waals surface area contributed by atoms with Crippen molar-refractivity contribution >= 4 is 16.8 Å². The van der Waals surface area contributed by atoms with Crippen molar-refractivity contribution in [1.29, 1.82) is 0 Å². The van der Waals surface area contributed by atoms with Crippen molar-refractivity contribution in [3.63, 3.8) is 0 Å².